The van der Waals surface area contributed by atoms with E-state index in [-0.39, 0.29) is 30.5 Å². The van der Waals surface area contributed by atoms with Crippen LogP contribution in [0.5, 0.6) is 0 Å². The fourth-order valence-corrected chi connectivity index (χ4v) is 2.16. The second-order valence-corrected chi connectivity index (χ2v) is 5.01. The maximum Gasteiger partial charge on any atom is 0.244 e. The van der Waals surface area contributed by atoms with Gasteiger partial charge in [-0.25, -0.2) is 0 Å². The first-order chi connectivity index (χ1) is 8.51. The van der Waals surface area contributed by atoms with E-state index in [1.54, 1.807) is 6.92 Å². The van der Waals surface area contributed by atoms with E-state index < -0.39 is 5.54 Å². The second-order valence-electron chi connectivity index (χ2n) is 5.01. The van der Waals surface area contributed by atoms with Crippen LogP contribution in [0.15, 0.2) is 30.3 Å². The average molecular weight is 285 g/mol. The van der Waals surface area contributed by atoms with Gasteiger partial charge in [-0.3, -0.25) is 4.79 Å². The van der Waals surface area contributed by atoms with Crippen LogP contribution in [-0.2, 0) is 15.1 Å². The molecule has 1 aliphatic heterocycles. The maximum atomic E-state index is 12.3. The molecule has 3 unspecified atom stereocenters. The number of rotatable bonds is 3. The average Bonchev–Trinajstić information content (AvgIpc) is 2.76. The number of halogens is 1. The van der Waals surface area contributed by atoms with Crippen molar-refractivity contribution in [3.8, 4) is 0 Å². The minimum Gasteiger partial charge on any atom is -0.376 e. The smallest absolute Gasteiger partial charge is 0.244 e. The Kier molecular flexibility index (Phi) is 5.35. The number of hydrogen-bond donors (Lipinski definition) is 2. The van der Waals surface area contributed by atoms with Gasteiger partial charge in [0.1, 0.15) is 5.54 Å². The topological polar surface area (TPSA) is 64.3 Å². The molecule has 1 fully saturated rings. The SMILES string of the molecule is CC1OCCC1NC(=O)C(C)(N)c1ccccc1.Cl. The number of ether oxygens (including phenoxy) is 1. The van der Waals surface area contributed by atoms with E-state index in [2.05, 4.69) is 5.32 Å². The highest BCUT2D eigenvalue weighted by Gasteiger charge is 2.34. The molecule has 1 amide bonds. The first-order valence-corrected chi connectivity index (χ1v) is 6.29. The highest BCUT2D eigenvalue weighted by atomic mass is 35.5. The minimum absolute atomic E-state index is 0. The van der Waals surface area contributed by atoms with Crippen molar-refractivity contribution in [1.82, 2.24) is 5.32 Å². The predicted octanol–water partition coefficient (Wildman–Crippen LogP) is 1.58. The molecular formula is C14H21ClN2O2. The number of nitrogens with two attached hydrogens (primary N) is 1. The molecule has 0 bridgehead atoms. The van der Waals surface area contributed by atoms with Crippen molar-refractivity contribution in [2.75, 3.05) is 6.61 Å². The second kappa shape index (κ2) is 6.37. The standard InChI is InChI=1S/C14H20N2O2.ClH/c1-10-12(8-9-18-10)16-13(17)14(2,15)11-6-4-3-5-7-11;/h3-7,10,12H,8-9,15H2,1-2H3,(H,16,17);1H. The Hall–Kier alpha value is -1.10. The molecule has 19 heavy (non-hydrogen) atoms. The Balaban J connectivity index is 0.00000180. The van der Waals surface area contributed by atoms with Crippen molar-refractivity contribution < 1.29 is 9.53 Å². The van der Waals surface area contributed by atoms with E-state index in [1.165, 1.54) is 0 Å². The predicted molar refractivity (Wildman–Crippen MR) is 77.2 cm³/mol. The summed E-state index contributed by atoms with van der Waals surface area (Å²) in [6.45, 7) is 4.39. The summed E-state index contributed by atoms with van der Waals surface area (Å²) >= 11 is 0. The van der Waals surface area contributed by atoms with Gasteiger partial charge in [-0.15, -0.1) is 12.4 Å². The zero-order valence-corrected chi connectivity index (χ0v) is 12.1. The molecule has 1 aromatic rings. The Morgan fingerprint density at radius 3 is 2.58 bits per heavy atom. The third kappa shape index (κ3) is 3.47. The Bertz CT molecular complexity index is 423. The largest absolute Gasteiger partial charge is 0.376 e. The van der Waals surface area contributed by atoms with Crippen LogP contribution in [0.1, 0.15) is 25.8 Å². The van der Waals surface area contributed by atoms with Gasteiger partial charge in [0, 0.05) is 6.61 Å². The van der Waals surface area contributed by atoms with Gasteiger partial charge < -0.3 is 15.8 Å². The number of benzene rings is 1. The summed E-state index contributed by atoms with van der Waals surface area (Å²) in [7, 11) is 0. The first-order valence-electron chi connectivity index (χ1n) is 6.29. The molecule has 2 rings (SSSR count). The van der Waals surface area contributed by atoms with Crippen LogP contribution in [0.25, 0.3) is 0 Å². The van der Waals surface area contributed by atoms with Crippen molar-refractivity contribution in [1.29, 1.82) is 0 Å². The van der Waals surface area contributed by atoms with Gasteiger partial charge >= 0.3 is 0 Å². The molecule has 0 aromatic heterocycles. The minimum atomic E-state index is -1.01. The monoisotopic (exact) mass is 284 g/mol. The van der Waals surface area contributed by atoms with Crippen molar-refractivity contribution in [2.24, 2.45) is 5.73 Å². The van der Waals surface area contributed by atoms with Gasteiger partial charge in [0.25, 0.3) is 0 Å². The lowest BCUT2D eigenvalue weighted by Crippen LogP contribution is -2.53. The van der Waals surface area contributed by atoms with Gasteiger partial charge in [0.2, 0.25) is 5.91 Å². The zero-order chi connectivity index (χ0) is 13.2. The van der Waals surface area contributed by atoms with Crippen molar-refractivity contribution in [3.05, 3.63) is 35.9 Å². The highest BCUT2D eigenvalue weighted by molar-refractivity contribution is 5.87. The van der Waals surface area contributed by atoms with Crippen molar-refractivity contribution in [3.63, 3.8) is 0 Å². The van der Waals surface area contributed by atoms with E-state index in [0.717, 1.165) is 12.0 Å². The van der Waals surface area contributed by atoms with E-state index in [1.807, 2.05) is 37.3 Å². The third-order valence-corrected chi connectivity index (χ3v) is 3.54. The summed E-state index contributed by atoms with van der Waals surface area (Å²) < 4.78 is 5.43. The molecule has 1 aromatic carbocycles. The number of amides is 1. The molecule has 4 nitrogen and oxygen atoms in total. The molecule has 0 spiro atoms. The number of carbonyl (C=O) groups is 1. The summed E-state index contributed by atoms with van der Waals surface area (Å²) in [6, 6.07) is 9.47. The van der Waals surface area contributed by atoms with Gasteiger partial charge in [0.15, 0.2) is 0 Å². The van der Waals surface area contributed by atoms with Gasteiger partial charge in [-0.2, -0.15) is 0 Å². The molecule has 0 saturated carbocycles. The van der Waals surface area contributed by atoms with E-state index >= 15 is 0 Å². The fraction of sp³-hybridized carbons (Fsp3) is 0.500. The summed E-state index contributed by atoms with van der Waals surface area (Å²) in [6.07, 6.45) is 0.901. The van der Waals surface area contributed by atoms with E-state index in [0.29, 0.717) is 6.61 Å². The van der Waals surface area contributed by atoms with Crippen LogP contribution in [0.2, 0.25) is 0 Å². The van der Waals surface area contributed by atoms with Crippen LogP contribution < -0.4 is 11.1 Å². The van der Waals surface area contributed by atoms with Crippen LogP contribution in [-0.4, -0.2) is 24.7 Å². The lowest BCUT2D eigenvalue weighted by molar-refractivity contribution is -0.127. The Morgan fingerprint density at radius 1 is 1.42 bits per heavy atom. The van der Waals surface area contributed by atoms with Crippen LogP contribution in [0.4, 0.5) is 0 Å². The molecule has 5 heteroatoms. The zero-order valence-electron chi connectivity index (χ0n) is 11.3. The van der Waals surface area contributed by atoms with Crippen molar-refractivity contribution >= 4 is 18.3 Å². The molecule has 1 saturated heterocycles. The van der Waals surface area contributed by atoms with Gasteiger partial charge in [0.05, 0.1) is 12.1 Å². The Labute approximate surface area is 120 Å². The molecule has 0 radical (unpaired) electrons. The summed E-state index contributed by atoms with van der Waals surface area (Å²) in [5, 5.41) is 2.98. The lowest BCUT2D eigenvalue weighted by atomic mass is 9.91. The quantitative estimate of drug-likeness (QED) is 0.886. The van der Waals surface area contributed by atoms with Gasteiger partial charge in [-0.05, 0) is 25.8 Å². The molecular weight excluding hydrogens is 264 g/mol. The number of nitrogens with one attached hydrogen (secondary N) is 1. The fourth-order valence-electron chi connectivity index (χ4n) is 2.16. The van der Waals surface area contributed by atoms with Crippen molar-refractivity contribution in [2.45, 2.75) is 38.0 Å². The summed E-state index contributed by atoms with van der Waals surface area (Å²) in [4.78, 5) is 12.3. The van der Waals surface area contributed by atoms with E-state index in [9.17, 15) is 4.79 Å². The summed E-state index contributed by atoms with van der Waals surface area (Å²) in [5.74, 6) is -0.156. The molecule has 0 aliphatic carbocycles. The highest BCUT2D eigenvalue weighted by Crippen LogP contribution is 2.19. The maximum absolute atomic E-state index is 12.3. The molecule has 1 heterocycles. The van der Waals surface area contributed by atoms with Crippen LogP contribution >= 0.6 is 12.4 Å². The third-order valence-electron chi connectivity index (χ3n) is 3.54. The first kappa shape index (κ1) is 16.0. The van der Waals surface area contributed by atoms with Crippen LogP contribution in [0, 0.1) is 0 Å². The Morgan fingerprint density at radius 2 is 2.05 bits per heavy atom. The summed E-state index contributed by atoms with van der Waals surface area (Å²) in [5.41, 5.74) is 5.96. The van der Waals surface area contributed by atoms with Gasteiger partial charge in [-0.1, -0.05) is 30.3 Å². The van der Waals surface area contributed by atoms with Crippen LogP contribution in [0.3, 0.4) is 0 Å². The number of carbonyl (C=O) groups excluding carboxylic acids is 1. The molecule has 106 valence electrons. The normalized spacial score (nSPS) is 25.2. The lowest BCUT2D eigenvalue weighted by Gasteiger charge is -2.27. The number of hydrogen-bond acceptors (Lipinski definition) is 3. The molecule has 3 N–H and O–H groups in total. The molecule has 3 atom stereocenters. The molecule has 1 aliphatic rings. The van der Waals surface area contributed by atoms with E-state index in [4.69, 9.17) is 10.5 Å².